The predicted octanol–water partition coefficient (Wildman–Crippen LogP) is 13.1. The fourth-order valence-corrected chi connectivity index (χ4v) is 6.70. The van der Waals surface area contributed by atoms with Gasteiger partial charge in [-0.3, -0.25) is 9.59 Å². The number of unbranched alkanes of at least 4 members (excludes halogenated alkanes) is 22. The second kappa shape index (κ2) is 38.9. The number of aliphatic hydroxyl groups is 1. The highest BCUT2D eigenvalue weighted by atomic mass is 127. The Balaban J connectivity index is 4.03. The van der Waals surface area contributed by atoms with Gasteiger partial charge in [-0.05, 0) is 77.0 Å². The van der Waals surface area contributed by atoms with E-state index in [0.29, 0.717) is 30.1 Å². The van der Waals surface area contributed by atoms with Gasteiger partial charge in [0.25, 0.3) is 0 Å². The molecule has 0 heterocycles. The maximum atomic E-state index is 12.6. The Kier molecular flexibility index (Phi) is 38.2. The number of halogens is 1. The Labute approximate surface area is 311 Å². The van der Waals surface area contributed by atoms with Crippen LogP contribution in [0, 0.1) is 0 Å². The maximum absolute atomic E-state index is 12.6. The van der Waals surface area contributed by atoms with Crippen molar-refractivity contribution in [2.24, 2.45) is 0 Å². The first-order chi connectivity index (χ1) is 23.6. The van der Waals surface area contributed by atoms with E-state index in [-0.39, 0.29) is 18.5 Å². The van der Waals surface area contributed by atoms with Crippen molar-refractivity contribution in [1.82, 2.24) is 0 Å². The van der Waals surface area contributed by atoms with E-state index in [9.17, 15) is 14.7 Å². The summed E-state index contributed by atoms with van der Waals surface area (Å²) in [5.41, 5.74) is 0. The molecule has 6 heteroatoms. The predicted molar refractivity (Wildman–Crippen MR) is 214 cm³/mol. The van der Waals surface area contributed by atoms with Gasteiger partial charge in [0.05, 0.1) is 0 Å². The van der Waals surface area contributed by atoms with Crippen LogP contribution in [0.25, 0.3) is 0 Å². The normalized spacial score (nSPS) is 13.0. The van der Waals surface area contributed by atoms with Crippen molar-refractivity contribution in [3.8, 4) is 0 Å². The summed E-state index contributed by atoms with van der Waals surface area (Å²) in [6.07, 6.45) is 42.0. The summed E-state index contributed by atoms with van der Waals surface area (Å²) in [6, 6.07) is 0. The summed E-state index contributed by atoms with van der Waals surface area (Å²) in [7, 11) is 0. The summed E-state index contributed by atoms with van der Waals surface area (Å²) in [6.45, 7) is 4.55. The smallest absolute Gasteiger partial charge is 0.306 e. The average molecular weight is 789 g/mol. The summed E-state index contributed by atoms with van der Waals surface area (Å²) in [5, 5.41) is 9.38. The number of ether oxygens (including phenoxy) is 2. The Hall–Kier alpha value is -0.890. The molecule has 0 spiro atoms. The number of carbonyl (C=O) groups excluding carboxylic acids is 2. The molecule has 0 aromatic rings. The van der Waals surface area contributed by atoms with Gasteiger partial charge in [-0.1, -0.05) is 163 Å². The van der Waals surface area contributed by atoms with Crippen LogP contribution in [0.2, 0.25) is 0 Å². The number of hydrogen-bond acceptors (Lipinski definition) is 5. The SMILES string of the molecule is CCCCCCCC/C=C\CCCCCCCC(=O)OC(CI)C(CCCO)OC(=O)CCCCCCC/C=C\CCCCCCCC. The van der Waals surface area contributed by atoms with E-state index in [1.807, 2.05) is 0 Å². The number of esters is 2. The van der Waals surface area contributed by atoms with Gasteiger partial charge in [0.15, 0.2) is 0 Å². The zero-order valence-corrected chi connectivity index (χ0v) is 33.7. The van der Waals surface area contributed by atoms with E-state index in [1.165, 1.54) is 116 Å². The van der Waals surface area contributed by atoms with Crippen molar-refractivity contribution in [3.05, 3.63) is 24.3 Å². The number of alkyl halides is 1. The van der Waals surface area contributed by atoms with Crippen molar-refractivity contribution < 1.29 is 24.2 Å². The molecule has 0 aromatic carbocycles. The van der Waals surface area contributed by atoms with Gasteiger partial charge in [0.2, 0.25) is 0 Å². The lowest BCUT2D eigenvalue weighted by molar-refractivity contribution is -0.167. The lowest BCUT2D eigenvalue weighted by Gasteiger charge is -2.26. The van der Waals surface area contributed by atoms with Gasteiger partial charge in [0, 0.05) is 23.9 Å². The van der Waals surface area contributed by atoms with Crippen LogP contribution < -0.4 is 0 Å². The minimum Gasteiger partial charge on any atom is -0.458 e. The van der Waals surface area contributed by atoms with Crippen LogP contribution in [0.5, 0.6) is 0 Å². The van der Waals surface area contributed by atoms with E-state index in [4.69, 9.17) is 9.47 Å². The summed E-state index contributed by atoms with van der Waals surface area (Å²) >= 11 is 2.20. The Morgan fingerprint density at radius 3 is 1.19 bits per heavy atom. The Morgan fingerprint density at radius 2 is 0.833 bits per heavy atom. The highest BCUT2D eigenvalue weighted by Gasteiger charge is 2.27. The molecule has 282 valence electrons. The third kappa shape index (κ3) is 33.6. The molecular formula is C42H77IO5. The number of aliphatic hydroxyl groups excluding tert-OH is 1. The van der Waals surface area contributed by atoms with Crippen LogP contribution in [0.1, 0.15) is 206 Å². The summed E-state index contributed by atoms with van der Waals surface area (Å²) in [4.78, 5) is 25.3. The Bertz CT molecular complexity index is 752. The lowest BCUT2D eigenvalue weighted by Crippen LogP contribution is -2.36. The molecule has 0 fully saturated rings. The second-order valence-electron chi connectivity index (χ2n) is 13.7. The molecule has 0 rings (SSSR count). The zero-order valence-electron chi connectivity index (χ0n) is 31.5. The Morgan fingerprint density at radius 1 is 0.500 bits per heavy atom. The molecule has 0 aromatic heterocycles. The fraction of sp³-hybridized carbons (Fsp3) is 0.857. The zero-order chi connectivity index (χ0) is 35.2. The van der Waals surface area contributed by atoms with Crippen molar-refractivity contribution in [1.29, 1.82) is 0 Å². The molecule has 0 saturated heterocycles. The lowest BCUT2D eigenvalue weighted by atomic mass is 10.1. The highest BCUT2D eigenvalue weighted by molar-refractivity contribution is 14.1. The molecular weight excluding hydrogens is 711 g/mol. The van der Waals surface area contributed by atoms with Gasteiger partial charge < -0.3 is 14.6 Å². The van der Waals surface area contributed by atoms with E-state index >= 15 is 0 Å². The third-order valence-electron chi connectivity index (χ3n) is 9.06. The van der Waals surface area contributed by atoms with Crippen LogP contribution in [-0.4, -0.2) is 40.3 Å². The van der Waals surface area contributed by atoms with Gasteiger partial charge >= 0.3 is 11.9 Å². The van der Waals surface area contributed by atoms with Crippen molar-refractivity contribution in [2.45, 2.75) is 219 Å². The first kappa shape index (κ1) is 47.1. The first-order valence-corrected chi connectivity index (χ1v) is 22.0. The molecule has 0 bridgehead atoms. The van der Waals surface area contributed by atoms with Crippen LogP contribution in [-0.2, 0) is 19.1 Å². The molecule has 0 radical (unpaired) electrons. The van der Waals surface area contributed by atoms with Crippen LogP contribution in [0.3, 0.4) is 0 Å². The second-order valence-corrected chi connectivity index (χ2v) is 14.6. The van der Waals surface area contributed by atoms with Gasteiger partial charge in [-0.2, -0.15) is 0 Å². The van der Waals surface area contributed by atoms with E-state index in [1.54, 1.807) is 0 Å². The number of carbonyl (C=O) groups is 2. The topological polar surface area (TPSA) is 72.8 Å². The summed E-state index contributed by atoms with van der Waals surface area (Å²) < 4.78 is 12.2. The third-order valence-corrected chi connectivity index (χ3v) is 9.93. The molecule has 0 aliphatic heterocycles. The molecule has 1 N–H and O–H groups in total. The van der Waals surface area contributed by atoms with E-state index in [2.05, 4.69) is 60.7 Å². The standard InChI is InChI=1S/C42H77IO5/c1-3-5-7-9-11-13-15-17-19-21-23-25-27-29-31-35-41(45)47-39(34-33-37-44)40(38-43)48-42(46)36-32-30-28-26-24-22-20-18-16-14-12-10-8-6-4-2/h17-20,39-40,44H,3-16,21-38H2,1-2H3/b19-17-,20-18-. The average Bonchev–Trinajstić information content (AvgIpc) is 3.09. The molecule has 0 amide bonds. The molecule has 2 unspecified atom stereocenters. The number of hydrogen-bond donors (Lipinski definition) is 1. The van der Waals surface area contributed by atoms with E-state index in [0.717, 1.165) is 51.4 Å². The molecule has 5 nitrogen and oxygen atoms in total. The van der Waals surface area contributed by atoms with Gasteiger partial charge in [0.1, 0.15) is 12.2 Å². The monoisotopic (exact) mass is 788 g/mol. The van der Waals surface area contributed by atoms with Crippen molar-refractivity contribution >= 4 is 34.5 Å². The first-order valence-electron chi connectivity index (χ1n) is 20.4. The maximum Gasteiger partial charge on any atom is 0.306 e. The summed E-state index contributed by atoms with van der Waals surface area (Å²) in [5.74, 6) is -0.435. The minimum absolute atomic E-state index is 0.0269. The van der Waals surface area contributed by atoms with Gasteiger partial charge in [-0.15, -0.1) is 0 Å². The minimum atomic E-state index is -0.497. The van der Waals surface area contributed by atoms with Crippen molar-refractivity contribution in [3.63, 3.8) is 0 Å². The molecule has 0 aliphatic carbocycles. The highest BCUT2D eigenvalue weighted by Crippen LogP contribution is 2.18. The quantitative estimate of drug-likeness (QED) is 0.0223. The fourth-order valence-electron chi connectivity index (χ4n) is 5.96. The van der Waals surface area contributed by atoms with Gasteiger partial charge in [-0.25, -0.2) is 0 Å². The molecule has 2 atom stereocenters. The molecule has 0 aliphatic rings. The van der Waals surface area contributed by atoms with Crippen molar-refractivity contribution in [2.75, 3.05) is 11.0 Å². The molecule has 48 heavy (non-hydrogen) atoms. The van der Waals surface area contributed by atoms with Crippen LogP contribution in [0.4, 0.5) is 0 Å². The molecule has 0 saturated carbocycles. The van der Waals surface area contributed by atoms with E-state index < -0.39 is 12.2 Å². The number of rotatable bonds is 37. The number of allylic oxidation sites excluding steroid dienone is 4. The van der Waals surface area contributed by atoms with Crippen LogP contribution >= 0.6 is 22.6 Å². The largest absolute Gasteiger partial charge is 0.458 e. The van der Waals surface area contributed by atoms with Crippen LogP contribution in [0.15, 0.2) is 24.3 Å².